The SMILES string of the molecule is CN(CCCS)Cc1ccc2c(c1)CCC(=O)N2. The van der Waals surface area contributed by atoms with Gasteiger partial charge in [-0.05, 0) is 49.4 Å². The number of nitrogens with one attached hydrogen (secondary N) is 1. The van der Waals surface area contributed by atoms with Crippen LogP contribution in [0.3, 0.4) is 0 Å². The van der Waals surface area contributed by atoms with Gasteiger partial charge in [-0.25, -0.2) is 0 Å². The predicted molar refractivity (Wildman–Crippen MR) is 78.2 cm³/mol. The minimum absolute atomic E-state index is 0.126. The Labute approximate surface area is 114 Å². The standard InChI is InChI=1S/C14H20N2OS/c1-16(7-2-8-18)10-11-3-5-13-12(9-11)4-6-14(17)15-13/h3,5,9,18H,2,4,6-8,10H2,1H3,(H,15,17). The molecule has 0 bridgehead atoms. The van der Waals surface area contributed by atoms with E-state index in [9.17, 15) is 4.79 Å². The van der Waals surface area contributed by atoms with Crippen LogP contribution in [0.5, 0.6) is 0 Å². The molecule has 2 rings (SSSR count). The third-order valence-corrected chi connectivity index (χ3v) is 3.53. The second-order valence-corrected chi connectivity index (χ2v) is 5.30. The lowest BCUT2D eigenvalue weighted by Gasteiger charge is -2.20. The second-order valence-electron chi connectivity index (χ2n) is 4.85. The topological polar surface area (TPSA) is 32.3 Å². The van der Waals surface area contributed by atoms with E-state index in [1.54, 1.807) is 0 Å². The Morgan fingerprint density at radius 2 is 2.22 bits per heavy atom. The molecular weight excluding hydrogens is 244 g/mol. The van der Waals surface area contributed by atoms with E-state index in [2.05, 4.69) is 42.0 Å². The van der Waals surface area contributed by atoms with Crippen molar-refractivity contribution in [3.63, 3.8) is 0 Å². The summed E-state index contributed by atoms with van der Waals surface area (Å²) in [4.78, 5) is 13.6. The number of hydrogen-bond acceptors (Lipinski definition) is 3. The van der Waals surface area contributed by atoms with E-state index in [4.69, 9.17) is 0 Å². The minimum atomic E-state index is 0.126. The van der Waals surface area contributed by atoms with E-state index < -0.39 is 0 Å². The summed E-state index contributed by atoms with van der Waals surface area (Å²) in [5.74, 6) is 1.06. The van der Waals surface area contributed by atoms with Crippen molar-refractivity contribution in [2.24, 2.45) is 0 Å². The third kappa shape index (κ3) is 3.50. The van der Waals surface area contributed by atoms with Gasteiger partial charge < -0.3 is 10.2 Å². The average molecular weight is 264 g/mol. The number of nitrogens with zero attached hydrogens (tertiary/aromatic N) is 1. The van der Waals surface area contributed by atoms with Gasteiger partial charge in [0.25, 0.3) is 0 Å². The van der Waals surface area contributed by atoms with Crippen molar-refractivity contribution < 1.29 is 4.79 Å². The van der Waals surface area contributed by atoms with E-state index in [0.29, 0.717) is 6.42 Å². The van der Waals surface area contributed by atoms with Crippen molar-refractivity contribution in [3.8, 4) is 0 Å². The van der Waals surface area contributed by atoms with E-state index >= 15 is 0 Å². The number of aryl methyl sites for hydroxylation is 1. The first-order chi connectivity index (χ1) is 8.69. The van der Waals surface area contributed by atoms with Crippen LogP contribution in [0.2, 0.25) is 0 Å². The maximum Gasteiger partial charge on any atom is 0.224 e. The number of hydrogen-bond donors (Lipinski definition) is 2. The Balaban J connectivity index is 2.00. The molecule has 0 spiro atoms. The molecule has 0 aliphatic carbocycles. The average Bonchev–Trinajstić information content (AvgIpc) is 2.36. The number of carbonyl (C=O) groups is 1. The smallest absolute Gasteiger partial charge is 0.224 e. The maximum atomic E-state index is 11.3. The van der Waals surface area contributed by atoms with Crippen LogP contribution in [-0.2, 0) is 17.8 Å². The number of fused-ring (bicyclic) bond motifs is 1. The number of rotatable bonds is 5. The lowest BCUT2D eigenvalue weighted by atomic mass is 10.0. The molecule has 1 N–H and O–H groups in total. The van der Waals surface area contributed by atoms with Crippen LogP contribution < -0.4 is 5.32 Å². The highest BCUT2D eigenvalue weighted by atomic mass is 32.1. The van der Waals surface area contributed by atoms with E-state index in [1.807, 2.05) is 6.07 Å². The van der Waals surface area contributed by atoms with E-state index in [0.717, 1.165) is 37.4 Å². The molecule has 3 nitrogen and oxygen atoms in total. The molecule has 0 fully saturated rings. The molecule has 0 radical (unpaired) electrons. The molecule has 0 atom stereocenters. The van der Waals surface area contributed by atoms with Gasteiger partial charge in [0.1, 0.15) is 0 Å². The lowest BCUT2D eigenvalue weighted by Crippen LogP contribution is -2.21. The molecule has 0 saturated carbocycles. The zero-order chi connectivity index (χ0) is 13.0. The second kappa shape index (κ2) is 6.25. The summed E-state index contributed by atoms with van der Waals surface area (Å²) >= 11 is 4.23. The van der Waals surface area contributed by atoms with Gasteiger partial charge in [0.05, 0.1) is 0 Å². The summed E-state index contributed by atoms with van der Waals surface area (Å²) in [5, 5.41) is 2.91. The minimum Gasteiger partial charge on any atom is -0.326 e. The van der Waals surface area contributed by atoms with Gasteiger partial charge in [-0.1, -0.05) is 12.1 Å². The predicted octanol–water partition coefficient (Wildman–Crippen LogP) is 2.32. The maximum absolute atomic E-state index is 11.3. The normalized spacial score (nSPS) is 14.5. The molecule has 1 aromatic rings. The van der Waals surface area contributed by atoms with Crippen LogP contribution in [0.15, 0.2) is 18.2 Å². The van der Waals surface area contributed by atoms with Gasteiger partial charge in [-0.2, -0.15) is 12.6 Å². The van der Waals surface area contributed by atoms with Crippen LogP contribution in [0.25, 0.3) is 0 Å². The Bertz CT molecular complexity index is 434. The van der Waals surface area contributed by atoms with Crippen molar-refractivity contribution in [2.75, 3.05) is 24.7 Å². The molecular formula is C14H20N2OS. The first kappa shape index (κ1) is 13.4. The monoisotopic (exact) mass is 264 g/mol. The van der Waals surface area contributed by atoms with Crippen LogP contribution >= 0.6 is 12.6 Å². The highest BCUT2D eigenvalue weighted by molar-refractivity contribution is 7.80. The molecule has 0 saturated heterocycles. The van der Waals surface area contributed by atoms with Crippen LogP contribution in [0.1, 0.15) is 24.0 Å². The Morgan fingerprint density at radius 3 is 3.00 bits per heavy atom. The fraction of sp³-hybridized carbons (Fsp3) is 0.500. The Kier molecular flexibility index (Phi) is 4.66. The number of benzene rings is 1. The number of amides is 1. The molecule has 98 valence electrons. The molecule has 0 aromatic heterocycles. The van der Waals surface area contributed by atoms with Crippen molar-refractivity contribution in [1.29, 1.82) is 0 Å². The molecule has 1 heterocycles. The van der Waals surface area contributed by atoms with Gasteiger partial charge in [-0.3, -0.25) is 4.79 Å². The molecule has 1 aliphatic heterocycles. The number of thiol groups is 1. The highest BCUT2D eigenvalue weighted by Gasteiger charge is 2.14. The molecule has 1 aromatic carbocycles. The van der Waals surface area contributed by atoms with Gasteiger partial charge in [0, 0.05) is 18.7 Å². The van der Waals surface area contributed by atoms with Gasteiger partial charge in [-0.15, -0.1) is 0 Å². The van der Waals surface area contributed by atoms with Crippen molar-refractivity contribution in [2.45, 2.75) is 25.8 Å². The zero-order valence-corrected chi connectivity index (χ0v) is 11.7. The zero-order valence-electron chi connectivity index (χ0n) is 10.8. The third-order valence-electron chi connectivity index (χ3n) is 3.22. The molecule has 1 aliphatic rings. The van der Waals surface area contributed by atoms with E-state index in [1.165, 1.54) is 11.1 Å². The van der Waals surface area contributed by atoms with Crippen molar-refractivity contribution in [3.05, 3.63) is 29.3 Å². The Morgan fingerprint density at radius 1 is 1.39 bits per heavy atom. The Hall–Kier alpha value is -1.00. The van der Waals surface area contributed by atoms with Crippen LogP contribution in [0.4, 0.5) is 5.69 Å². The lowest BCUT2D eigenvalue weighted by molar-refractivity contribution is -0.116. The summed E-state index contributed by atoms with van der Waals surface area (Å²) in [6, 6.07) is 6.34. The highest BCUT2D eigenvalue weighted by Crippen LogP contribution is 2.23. The molecule has 4 heteroatoms. The van der Waals surface area contributed by atoms with Crippen molar-refractivity contribution >= 4 is 24.2 Å². The molecule has 0 unspecified atom stereocenters. The van der Waals surface area contributed by atoms with Gasteiger partial charge >= 0.3 is 0 Å². The summed E-state index contributed by atoms with van der Waals surface area (Å²) in [6.45, 7) is 2.02. The number of carbonyl (C=O) groups excluding carboxylic acids is 1. The number of anilines is 1. The molecule has 18 heavy (non-hydrogen) atoms. The quantitative estimate of drug-likeness (QED) is 0.800. The van der Waals surface area contributed by atoms with Crippen molar-refractivity contribution in [1.82, 2.24) is 4.90 Å². The van der Waals surface area contributed by atoms with Gasteiger partial charge in [0.2, 0.25) is 5.91 Å². The van der Waals surface area contributed by atoms with Crippen LogP contribution in [-0.4, -0.2) is 30.2 Å². The van der Waals surface area contributed by atoms with Gasteiger partial charge in [0.15, 0.2) is 0 Å². The summed E-state index contributed by atoms with van der Waals surface area (Å²) in [7, 11) is 2.13. The summed E-state index contributed by atoms with van der Waals surface area (Å²) < 4.78 is 0. The summed E-state index contributed by atoms with van der Waals surface area (Å²) in [5.41, 5.74) is 3.55. The summed E-state index contributed by atoms with van der Waals surface area (Å²) in [6.07, 6.45) is 2.57. The van der Waals surface area contributed by atoms with Crippen LogP contribution in [0, 0.1) is 0 Å². The largest absolute Gasteiger partial charge is 0.326 e. The fourth-order valence-corrected chi connectivity index (χ4v) is 2.41. The first-order valence-electron chi connectivity index (χ1n) is 6.40. The first-order valence-corrected chi connectivity index (χ1v) is 7.03. The molecule has 1 amide bonds. The fourth-order valence-electron chi connectivity index (χ4n) is 2.27. The van der Waals surface area contributed by atoms with E-state index in [-0.39, 0.29) is 5.91 Å².